The van der Waals surface area contributed by atoms with E-state index < -0.39 is 10.0 Å². The highest BCUT2D eigenvalue weighted by molar-refractivity contribution is 7.94. The molecule has 1 aliphatic carbocycles. The molecule has 0 aliphatic heterocycles. The molecule has 0 atom stereocenters. The third kappa shape index (κ3) is 3.58. The average Bonchev–Trinajstić information content (AvgIpc) is 3.20. The van der Waals surface area contributed by atoms with Crippen LogP contribution in [0.4, 0.5) is 5.82 Å². The summed E-state index contributed by atoms with van der Waals surface area (Å²) in [5, 5.41) is 10.8. The number of nitrogens with one attached hydrogen (secondary N) is 2. The molecule has 0 amide bonds. The number of anilines is 1. The van der Waals surface area contributed by atoms with Crippen molar-refractivity contribution >= 4 is 27.2 Å². The van der Waals surface area contributed by atoms with Crippen LogP contribution >= 0.6 is 11.3 Å². The molecular formula is C13H16N4O2S2. The summed E-state index contributed by atoms with van der Waals surface area (Å²) in [6, 6.07) is 5.51. The van der Waals surface area contributed by atoms with E-state index in [0.29, 0.717) is 10.3 Å². The second-order valence-corrected chi connectivity index (χ2v) is 8.09. The molecule has 1 aliphatic rings. The SMILES string of the molecule is Cc1cc(S(=O)(=O)Nc2cccnn2)sc1CNC1CC1. The van der Waals surface area contributed by atoms with Gasteiger partial charge >= 0.3 is 0 Å². The smallest absolute Gasteiger partial charge is 0.272 e. The van der Waals surface area contributed by atoms with Crippen molar-refractivity contribution in [2.24, 2.45) is 0 Å². The Bertz CT molecular complexity index is 724. The first kappa shape index (κ1) is 14.4. The van der Waals surface area contributed by atoms with Crippen LogP contribution in [0.15, 0.2) is 28.6 Å². The normalized spacial score (nSPS) is 15.1. The topological polar surface area (TPSA) is 84.0 Å². The molecule has 8 heteroatoms. The molecule has 3 rings (SSSR count). The van der Waals surface area contributed by atoms with Gasteiger partial charge in [0.2, 0.25) is 0 Å². The summed E-state index contributed by atoms with van der Waals surface area (Å²) in [6.45, 7) is 2.66. The number of hydrogen-bond donors (Lipinski definition) is 2. The largest absolute Gasteiger partial charge is 0.309 e. The van der Waals surface area contributed by atoms with Gasteiger partial charge in [-0.1, -0.05) is 0 Å². The van der Waals surface area contributed by atoms with Crippen molar-refractivity contribution in [3.8, 4) is 0 Å². The number of nitrogens with zero attached hydrogens (tertiary/aromatic N) is 2. The highest BCUT2D eigenvalue weighted by atomic mass is 32.2. The standard InChI is InChI=1S/C13H16N4O2S2/c1-9-7-13(20-11(9)8-14-10-4-5-10)21(18,19)17-12-3-2-6-15-16-12/h2-3,6-7,10,14H,4-5,8H2,1H3,(H,16,17). The summed E-state index contributed by atoms with van der Waals surface area (Å²) in [7, 11) is -3.60. The molecule has 112 valence electrons. The van der Waals surface area contributed by atoms with Gasteiger partial charge in [-0.2, -0.15) is 5.10 Å². The first-order valence-corrected chi connectivity index (χ1v) is 8.98. The summed E-state index contributed by atoms with van der Waals surface area (Å²) in [5.41, 5.74) is 0.993. The average molecular weight is 324 g/mol. The quantitative estimate of drug-likeness (QED) is 0.848. The van der Waals surface area contributed by atoms with Crippen molar-refractivity contribution in [2.75, 3.05) is 4.72 Å². The Morgan fingerprint density at radius 2 is 2.24 bits per heavy atom. The lowest BCUT2D eigenvalue weighted by atomic mass is 10.3. The van der Waals surface area contributed by atoms with Gasteiger partial charge in [0.25, 0.3) is 10.0 Å². The van der Waals surface area contributed by atoms with E-state index in [4.69, 9.17) is 0 Å². The molecule has 21 heavy (non-hydrogen) atoms. The van der Waals surface area contributed by atoms with Gasteiger partial charge in [-0.25, -0.2) is 8.42 Å². The monoisotopic (exact) mass is 324 g/mol. The summed E-state index contributed by atoms with van der Waals surface area (Å²) in [6.07, 6.45) is 3.92. The van der Waals surface area contributed by atoms with Crippen LogP contribution in [0, 0.1) is 6.92 Å². The Morgan fingerprint density at radius 1 is 1.43 bits per heavy atom. The van der Waals surface area contributed by atoms with Crippen molar-refractivity contribution in [3.05, 3.63) is 34.8 Å². The fraction of sp³-hybridized carbons (Fsp3) is 0.385. The minimum absolute atomic E-state index is 0.223. The van der Waals surface area contributed by atoms with Gasteiger partial charge in [0.15, 0.2) is 5.82 Å². The Hall–Kier alpha value is -1.51. The zero-order valence-electron chi connectivity index (χ0n) is 11.5. The van der Waals surface area contributed by atoms with Crippen molar-refractivity contribution in [1.82, 2.24) is 15.5 Å². The molecule has 0 spiro atoms. The first-order valence-electron chi connectivity index (χ1n) is 6.68. The number of hydrogen-bond acceptors (Lipinski definition) is 6. The van der Waals surface area contributed by atoms with E-state index in [0.717, 1.165) is 17.0 Å². The van der Waals surface area contributed by atoms with Crippen molar-refractivity contribution in [3.63, 3.8) is 0 Å². The summed E-state index contributed by atoms with van der Waals surface area (Å²) in [4.78, 5) is 1.06. The Balaban J connectivity index is 1.76. The highest BCUT2D eigenvalue weighted by Crippen LogP contribution is 2.28. The Labute approximate surface area is 127 Å². The lowest BCUT2D eigenvalue weighted by molar-refractivity contribution is 0.603. The molecule has 1 saturated carbocycles. The van der Waals surface area contributed by atoms with E-state index in [9.17, 15) is 8.42 Å². The van der Waals surface area contributed by atoms with Crippen LogP contribution < -0.4 is 10.0 Å². The van der Waals surface area contributed by atoms with E-state index in [1.165, 1.54) is 30.4 Å². The summed E-state index contributed by atoms with van der Waals surface area (Å²) >= 11 is 1.29. The fourth-order valence-electron chi connectivity index (χ4n) is 1.87. The van der Waals surface area contributed by atoms with Crippen molar-refractivity contribution in [1.29, 1.82) is 0 Å². The predicted octanol–water partition coefficient (Wildman–Crippen LogP) is 1.90. The van der Waals surface area contributed by atoms with E-state index >= 15 is 0 Å². The molecule has 2 heterocycles. The van der Waals surface area contributed by atoms with Gasteiger partial charge in [0, 0.05) is 23.7 Å². The highest BCUT2D eigenvalue weighted by Gasteiger charge is 2.23. The minimum atomic E-state index is -3.60. The fourth-order valence-corrected chi connectivity index (χ4v) is 4.40. The lowest BCUT2D eigenvalue weighted by Gasteiger charge is -2.03. The van der Waals surface area contributed by atoms with Gasteiger partial charge in [-0.3, -0.25) is 4.72 Å². The van der Waals surface area contributed by atoms with Crippen LogP contribution in [0.3, 0.4) is 0 Å². The van der Waals surface area contributed by atoms with Crippen LogP contribution in [0.5, 0.6) is 0 Å². The van der Waals surface area contributed by atoms with Crippen molar-refractivity contribution < 1.29 is 8.42 Å². The molecular weight excluding hydrogens is 308 g/mol. The van der Waals surface area contributed by atoms with Crippen LogP contribution in [0.2, 0.25) is 0 Å². The molecule has 0 bridgehead atoms. The van der Waals surface area contributed by atoms with Crippen LogP contribution in [-0.4, -0.2) is 24.7 Å². The maximum atomic E-state index is 12.3. The van der Waals surface area contributed by atoms with Crippen LogP contribution in [0.1, 0.15) is 23.3 Å². The van der Waals surface area contributed by atoms with E-state index in [1.54, 1.807) is 18.2 Å². The molecule has 0 radical (unpaired) electrons. The molecule has 2 N–H and O–H groups in total. The number of sulfonamides is 1. The molecule has 0 unspecified atom stereocenters. The zero-order chi connectivity index (χ0) is 14.9. The van der Waals surface area contributed by atoms with Gasteiger partial charge in [0.05, 0.1) is 0 Å². The summed E-state index contributed by atoms with van der Waals surface area (Å²) < 4.78 is 27.4. The van der Waals surface area contributed by atoms with E-state index in [2.05, 4.69) is 20.2 Å². The van der Waals surface area contributed by atoms with Crippen LogP contribution in [-0.2, 0) is 16.6 Å². The molecule has 2 aromatic rings. The second-order valence-electron chi connectivity index (χ2n) is 5.04. The first-order chi connectivity index (χ1) is 10.0. The third-order valence-corrected chi connectivity index (χ3v) is 6.27. The van der Waals surface area contributed by atoms with Gasteiger partial charge < -0.3 is 5.32 Å². The molecule has 6 nitrogen and oxygen atoms in total. The number of aromatic nitrogens is 2. The predicted molar refractivity (Wildman–Crippen MR) is 81.8 cm³/mol. The van der Waals surface area contributed by atoms with E-state index in [-0.39, 0.29) is 5.82 Å². The number of aryl methyl sites for hydroxylation is 1. The third-order valence-electron chi connectivity index (χ3n) is 3.20. The zero-order valence-corrected chi connectivity index (χ0v) is 13.2. The van der Waals surface area contributed by atoms with Gasteiger partial charge in [-0.15, -0.1) is 16.4 Å². The summed E-state index contributed by atoms with van der Waals surface area (Å²) in [5.74, 6) is 0.223. The minimum Gasteiger partial charge on any atom is -0.309 e. The van der Waals surface area contributed by atoms with Gasteiger partial charge in [0.1, 0.15) is 4.21 Å². The lowest BCUT2D eigenvalue weighted by Crippen LogP contribution is -2.14. The maximum absolute atomic E-state index is 12.3. The maximum Gasteiger partial charge on any atom is 0.272 e. The Kier molecular flexibility index (Phi) is 3.92. The van der Waals surface area contributed by atoms with Crippen molar-refractivity contribution in [2.45, 2.75) is 36.6 Å². The second kappa shape index (κ2) is 5.70. The van der Waals surface area contributed by atoms with Crippen LogP contribution in [0.25, 0.3) is 0 Å². The molecule has 0 aromatic carbocycles. The van der Waals surface area contributed by atoms with Gasteiger partial charge in [-0.05, 0) is 43.5 Å². The molecule has 1 fully saturated rings. The molecule has 0 saturated heterocycles. The Morgan fingerprint density at radius 3 is 2.90 bits per heavy atom. The van der Waals surface area contributed by atoms with E-state index in [1.807, 2.05) is 6.92 Å². The molecule has 2 aromatic heterocycles. The number of rotatable bonds is 6. The number of thiophene rings is 1.